The third-order valence-electron chi connectivity index (χ3n) is 3.25. The van der Waals surface area contributed by atoms with E-state index in [1.807, 2.05) is 0 Å². The molecule has 0 aromatic carbocycles. The van der Waals surface area contributed by atoms with Gasteiger partial charge in [0.05, 0.1) is 17.8 Å². The molecule has 0 bridgehead atoms. The highest BCUT2D eigenvalue weighted by Crippen LogP contribution is 2.48. The van der Waals surface area contributed by atoms with Crippen LogP contribution in [-0.4, -0.2) is 54.2 Å². The first-order chi connectivity index (χ1) is 9.29. The van der Waals surface area contributed by atoms with E-state index in [9.17, 15) is 18.0 Å². The highest BCUT2D eigenvalue weighted by molar-refractivity contribution is 7.90. The largest absolute Gasteiger partial charge is 0.480 e. The molecule has 0 aliphatic heterocycles. The minimum absolute atomic E-state index is 0.138. The van der Waals surface area contributed by atoms with Crippen molar-refractivity contribution < 1.29 is 27.9 Å². The standard InChI is InChI=1S/C12H21NO6S/c1-3-7-13(9-10(14)15)20(17,18)12(5-6-12)8-11(16)19-4-2/h3-9H2,1-2H3,(H,14,15). The Morgan fingerprint density at radius 3 is 2.30 bits per heavy atom. The van der Waals surface area contributed by atoms with Crippen LogP contribution in [0.2, 0.25) is 0 Å². The van der Waals surface area contributed by atoms with Gasteiger partial charge in [-0.15, -0.1) is 0 Å². The fourth-order valence-electron chi connectivity index (χ4n) is 2.10. The number of esters is 1. The summed E-state index contributed by atoms with van der Waals surface area (Å²) in [7, 11) is -3.81. The molecule has 0 atom stereocenters. The SMILES string of the molecule is CCCN(CC(=O)O)S(=O)(=O)C1(CC(=O)OCC)CC1. The fourth-order valence-corrected chi connectivity index (χ4v) is 4.27. The molecule has 20 heavy (non-hydrogen) atoms. The summed E-state index contributed by atoms with van der Waals surface area (Å²) in [5.74, 6) is -1.76. The number of carboxylic acid groups (broad SMARTS) is 1. The van der Waals surface area contributed by atoms with Gasteiger partial charge in [-0.3, -0.25) is 9.59 Å². The first-order valence-corrected chi connectivity index (χ1v) is 8.10. The van der Waals surface area contributed by atoms with Crippen LogP contribution < -0.4 is 0 Å². The van der Waals surface area contributed by atoms with Crippen molar-refractivity contribution >= 4 is 22.0 Å². The number of hydrogen-bond acceptors (Lipinski definition) is 5. The molecule has 1 rings (SSSR count). The molecule has 7 nitrogen and oxygen atoms in total. The molecule has 0 heterocycles. The van der Waals surface area contributed by atoms with E-state index < -0.39 is 33.3 Å². The summed E-state index contributed by atoms with van der Waals surface area (Å²) in [5, 5.41) is 8.83. The Balaban J connectivity index is 2.89. The van der Waals surface area contributed by atoms with Gasteiger partial charge in [-0.2, -0.15) is 4.31 Å². The van der Waals surface area contributed by atoms with Crippen LogP contribution in [0.5, 0.6) is 0 Å². The van der Waals surface area contributed by atoms with Gasteiger partial charge in [-0.25, -0.2) is 8.42 Å². The summed E-state index contributed by atoms with van der Waals surface area (Å²) in [6, 6.07) is 0. The van der Waals surface area contributed by atoms with Crippen LogP contribution in [-0.2, 0) is 24.3 Å². The van der Waals surface area contributed by atoms with E-state index >= 15 is 0 Å². The summed E-state index contributed by atoms with van der Waals surface area (Å²) in [4.78, 5) is 22.3. The first-order valence-electron chi connectivity index (χ1n) is 6.66. The maximum Gasteiger partial charge on any atom is 0.318 e. The van der Waals surface area contributed by atoms with Crippen LogP contribution in [0.4, 0.5) is 0 Å². The Morgan fingerprint density at radius 1 is 1.30 bits per heavy atom. The average molecular weight is 307 g/mol. The van der Waals surface area contributed by atoms with E-state index in [1.54, 1.807) is 13.8 Å². The Bertz CT molecular complexity index is 468. The van der Waals surface area contributed by atoms with Crippen molar-refractivity contribution in [1.29, 1.82) is 0 Å². The summed E-state index contributed by atoms with van der Waals surface area (Å²) in [5.41, 5.74) is 0. The number of rotatable bonds is 9. The van der Waals surface area contributed by atoms with Crippen LogP contribution in [0.3, 0.4) is 0 Å². The normalized spacial score (nSPS) is 16.9. The minimum Gasteiger partial charge on any atom is -0.480 e. The quantitative estimate of drug-likeness (QED) is 0.626. The number of nitrogens with zero attached hydrogens (tertiary/aromatic N) is 1. The molecule has 116 valence electrons. The Kier molecular flexibility index (Phi) is 5.52. The first kappa shape index (κ1) is 16.9. The van der Waals surface area contributed by atoms with Gasteiger partial charge in [0.2, 0.25) is 10.0 Å². The second kappa shape index (κ2) is 6.53. The van der Waals surface area contributed by atoms with Gasteiger partial charge in [-0.05, 0) is 26.2 Å². The predicted octanol–water partition coefficient (Wildman–Crippen LogP) is 0.599. The zero-order chi connectivity index (χ0) is 15.4. The highest BCUT2D eigenvalue weighted by Gasteiger charge is 2.58. The van der Waals surface area contributed by atoms with Crippen LogP contribution in [0.1, 0.15) is 39.5 Å². The lowest BCUT2D eigenvalue weighted by molar-refractivity contribution is -0.143. The number of carboxylic acids is 1. The fraction of sp³-hybridized carbons (Fsp3) is 0.833. The van der Waals surface area contributed by atoms with Crippen molar-refractivity contribution in [3.63, 3.8) is 0 Å². The molecule has 0 aromatic heterocycles. The number of sulfonamides is 1. The smallest absolute Gasteiger partial charge is 0.318 e. The molecule has 0 spiro atoms. The maximum absolute atomic E-state index is 12.5. The summed E-state index contributed by atoms with van der Waals surface area (Å²) < 4.78 is 29.7. The molecule has 0 radical (unpaired) electrons. The molecule has 8 heteroatoms. The van der Waals surface area contributed by atoms with E-state index in [4.69, 9.17) is 9.84 Å². The molecule has 1 aliphatic rings. The van der Waals surface area contributed by atoms with Crippen LogP contribution in [0.15, 0.2) is 0 Å². The predicted molar refractivity (Wildman–Crippen MR) is 71.6 cm³/mol. The summed E-state index contributed by atoms with van der Waals surface area (Å²) in [6.07, 6.45) is 1.05. The average Bonchev–Trinajstić information content (AvgIpc) is 3.09. The van der Waals surface area contributed by atoms with Gasteiger partial charge in [0, 0.05) is 6.54 Å². The molecule has 0 unspecified atom stereocenters. The molecule has 0 saturated heterocycles. The Labute approximate surface area is 118 Å². The molecule has 1 saturated carbocycles. The molecule has 1 fully saturated rings. The third-order valence-corrected chi connectivity index (χ3v) is 5.89. The van der Waals surface area contributed by atoms with Crippen LogP contribution >= 0.6 is 0 Å². The zero-order valence-corrected chi connectivity index (χ0v) is 12.6. The number of hydrogen-bond donors (Lipinski definition) is 1. The lowest BCUT2D eigenvalue weighted by Crippen LogP contribution is -2.44. The van der Waals surface area contributed by atoms with Gasteiger partial charge in [-0.1, -0.05) is 6.92 Å². The molecule has 1 N–H and O–H groups in total. The van der Waals surface area contributed by atoms with Crippen molar-refractivity contribution in [3.05, 3.63) is 0 Å². The minimum atomic E-state index is -3.81. The lowest BCUT2D eigenvalue weighted by Gasteiger charge is -2.25. The second-order valence-electron chi connectivity index (χ2n) is 4.90. The zero-order valence-electron chi connectivity index (χ0n) is 11.8. The Morgan fingerprint density at radius 2 is 1.90 bits per heavy atom. The van der Waals surface area contributed by atoms with Crippen molar-refractivity contribution in [1.82, 2.24) is 4.31 Å². The number of ether oxygens (including phenoxy) is 1. The highest BCUT2D eigenvalue weighted by atomic mass is 32.2. The lowest BCUT2D eigenvalue weighted by atomic mass is 10.3. The van der Waals surface area contributed by atoms with Gasteiger partial charge in [0.15, 0.2) is 0 Å². The second-order valence-corrected chi connectivity index (χ2v) is 7.23. The molecule has 0 aromatic rings. The van der Waals surface area contributed by atoms with E-state index in [0.29, 0.717) is 19.3 Å². The van der Waals surface area contributed by atoms with Crippen molar-refractivity contribution in [2.45, 2.75) is 44.3 Å². The van der Waals surface area contributed by atoms with E-state index in [0.717, 1.165) is 4.31 Å². The molecule has 1 aliphatic carbocycles. The summed E-state index contributed by atoms with van der Waals surface area (Å²) in [6.45, 7) is 3.19. The van der Waals surface area contributed by atoms with Crippen LogP contribution in [0.25, 0.3) is 0 Å². The van der Waals surface area contributed by atoms with Crippen molar-refractivity contribution in [3.8, 4) is 0 Å². The molecule has 0 amide bonds. The monoisotopic (exact) mass is 307 g/mol. The number of aliphatic carboxylic acids is 1. The Hall–Kier alpha value is -1.15. The number of carbonyl (C=O) groups excluding carboxylic acids is 1. The summed E-state index contributed by atoms with van der Waals surface area (Å²) >= 11 is 0. The van der Waals surface area contributed by atoms with Gasteiger partial charge in [0.1, 0.15) is 6.54 Å². The van der Waals surface area contributed by atoms with Crippen LogP contribution in [0, 0.1) is 0 Å². The molecular weight excluding hydrogens is 286 g/mol. The number of carbonyl (C=O) groups is 2. The topological polar surface area (TPSA) is 101 Å². The van der Waals surface area contributed by atoms with E-state index in [2.05, 4.69) is 0 Å². The van der Waals surface area contributed by atoms with Crippen molar-refractivity contribution in [2.24, 2.45) is 0 Å². The van der Waals surface area contributed by atoms with Gasteiger partial charge < -0.3 is 9.84 Å². The van der Waals surface area contributed by atoms with Gasteiger partial charge >= 0.3 is 11.9 Å². The van der Waals surface area contributed by atoms with Gasteiger partial charge in [0.25, 0.3) is 0 Å². The molecular formula is C12H21NO6S. The van der Waals surface area contributed by atoms with E-state index in [-0.39, 0.29) is 19.6 Å². The third kappa shape index (κ3) is 3.69. The van der Waals surface area contributed by atoms with Crippen molar-refractivity contribution in [2.75, 3.05) is 19.7 Å². The van der Waals surface area contributed by atoms with E-state index in [1.165, 1.54) is 0 Å². The maximum atomic E-state index is 12.5.